The van der Waals surface area contributed by atoms with Crippen LogP contribution in [0.4, 0.5) is 0 Å². The Hall–Kier alpha value is -5.89. The fourth-order valence-electron chi connectivity index (χ4n) is 4.42. The highest BCUT2D eigenvalue weighted by atomic mass is 32.2. The molecule has 0 aliphatic heterocycles. The van der Waals surface area contributed by atoms with Crippen molar-refractivity contribution in [3.8, 4) is 34.5 Å². The zero-order valence-corrected chi connectivity index (χ0v) is 22.2. The van der Waals surface area contributed by atoms with Gasteiger partial charge in [-0.1, -0.05) is 38.1 Å². The second-order valence-electron chi connectivity index (χ2n) is 9.21. The van der Waals surface area contributed by atoms with Gasteiger partial charge < -0.3 is 40.3 Å². The molecule has 0 radical (unpaired) electrons. The van der Waals surface area contributed by atoms with Crippen molar-refractivity contribution in [2.24, 2.45) is 15.4 Å². The zero-order chi connectivity index (χ0) is 31.1. The van der Waals surface area contributed by atoms with E-state index in [1.54, 1.807) is 0 Å². The molecule has 0 aliphatic rings. The van der Waals surface area contributed by atoms with Gasteiger partial charge in [-0.3, -0.25) is 14.8 Å². The molecule has 0 fully saturated rings. The molecule has 0 bridgehead atoms. The number of diazo groups is 1. The summed E-state index contributed by atoms with van der Waals surface area (Å²) in [7, 11) is -5.03. The summed E-state index contributed by atoms with van der Waals surface area (Å²) in [5.74, 6) is -4.83. The molecule has 0 heterocycles. The van der Waals surface area contributed by atoms with Crippen LogP contribution < -0.4 is 25.8 Å². The van der Waals surface area contributed by atoms with Gasteiger partial charge in [-0.25, -0.2) is 0 Å². The maximum atomic E-state index is 13.4. The van der Waals surface area contributed by atoms with E-state index in [4.69, 9.17) is 15.1 Å². The van der Waals surface area contributed by atoms with Crippen LogP contribution in [0.1, 0.15) is 25.0 Å². The van der Waals surface area contributed by atoms with Crippen molar-refractivity contribution in [3.63, 3.8) is 0 Å². The van der Waals surface area contributed by atoms with Crippen molar-refractivity contribution >= 4 is 20.9 Å². The number of rotatable bonds is 6. The van der Waals surface area contributed by atoms with Crippen LogP contribution in [-0.2, 0) is 15.5 Å². The molecule has 0 atom stereocenters. The Morgan fingerprint density at radius 1 is 0.857 bits per heavy atom. The summed E-state index contributed by atoms with van der Waals surface area (Å²) in [5.41, 5.74) is 4.86. The maximum Gasteiger partial charge on any atom is 0.340 e. The molecule has 0 unspecified atom stereocenters. The van der Waals surface area contributed by atoms with Crippen molar-refractivity contribution in [1.82, 2.24) is 0 Å². The van der Waals surface area contributed by atoms with Gasteiger partial charge in [0.05, 0.1) is 5.36 Å². The fourth-order valence-corrected chi connectivity index (χ4v) is 5.59. The van der Waals surface area contributed by atoms with Crippen molar-refractivity contribution in [2.45, 2.75) is 24.2 Å². The number of hydrogen-bond acceptors (Lipinski definition) is 13. The Labute approximate surface area is 233 Å². The topological polar surface area (TPSA) is 266 Å². The molecule has 0 aromatic heterocycles. The molecule has 4 rings (SSSR count). The van der Waals surface area contributed by atoms with Gasteiger partial charge in [0.2, 0.25) is 22.4 Å². The molecule has 42 heavy (non-hydrogen) atoms. The van der Waals surface area contributed by atoms with Gasteiger partial charge in [0.15, 0.2) is 33.5 Å². The van der Waals surface area contributed by atoms with Gasteiger partial charge >= 0.3 is 15.2 Å². The third-order valence-electron chi connectivity index (χ3n) is 6.50. The summed E-state index contributed by atoms with van der Waals surface area (Å²) < 4.78 is 31.9. The number of aromatic hydroxyl groups is 5. The quantitative estimate of drug-likeness (QED) is 0.0534. The molecule has 4 aromatic carbocycles. The molecule has 0 amide bonds. The average molecular weight is 595 g/mol. The van der Waals surface area contributed by atoms with Crippen LogP contribution >= 0.6 is 0 Å². The van der Waals surface area contributed by atoms with E-state index in [0.29, 0.717) is 0 Å². The third-order valence-corrected chi connectivity index (χ3v) is 7.78. The number of hydrogen-bond donors (Lipinski definition) is 5. The minimum Gasteiger partial charge on any atom is -0.504 e. The number of nitrogens with zero attached hydrogens (tertiary/aromatic N) is 6. The highest BCUT2D eigenvalue weighted by Crippen LogP contribution is 2.50. The van der Waals surface area contributed by atoms with Crippen molar-refractivity contribution in [1.29, 1.82) is 5.39 Å². The first-order chi connectivity index (χ1) is 19.7. The number of benzene rings is 4. The minimum atomic E-state index is -5.03. The van der Waals surface area contributed by atoms with Crippen molar-refractivity contribution < 1.29 is 38.1 Å². The standard InChI is InChI=1S/C25H17N6O10S/c1-25(2,11-6-8-13(32)22(36)20(11)34)12-7-9-14(23(37)21(12)35)41-42(39,40)15-5-3-4-10-16(15)17(28-30-26)18(29-31-27)24(38)19(10)33/h3-9H,1-2H3,(H4-,26,27,28,29,30,31,32,33,34,35,36,37,38)/q-1/p+1. The highest BCUT2D eigenvalue weighted by molar-refractivity contribution is 7.87. The van der Waals surface area contributed by atoms with Gasteiger partial charge in [0.25, 0.3) is 5.39 Å². The van der Waals surface area contributed by atoms with Crippen LogP contribution in [0.3, 0.4) is 0 Å². The highest BCUT2D eigenvalue weighted by Gasteiger charge is 2.34. The van der Waals surface area contributed by atoms with E-state index < -0.39 is 87.3 Å². The van der Waals surface area contributed by atoms with Crippen molar-refractivity contribution in [2.75, 3.05) is 0 Å². The predicted octanol–water partition coefficient (Wildman–Crippen LogP) is 1.56. The molecule has 0 aliphatic carbocycles. The zero-order valence-electron chi connectivity index (χ0n) is 21.4. The Kier molecular flexibility index (Phi) is 7.11. The predicted molar refractivity (Wildman–Crippen MR) is 142 cm³/mol. The molecule has 4 aromatic rings. The summed E-state index contributed by atoms with van der Waals surface area (Å²) >= 11 is 0. The molecule has 5 N–H and O–H groups in total. The van der Waals surface area contributed by atoms with Crippen LogP contribution in [-0.4, -0.2) is 34.0 Å². The lowest BCUT2D eigenvalue weighted by molar-refractivity contribution is 0.356. The molecule has 0 saturated heterocycles. The van der Waals surface area contributed by atoms with E-state index in [1.807, 2.05) is 0 Å². The van der Waals surface area contributed by atoms with Gasteiger partial charge in [0, 0.05) is 27.3 Å². The van der Waals surface area contributed by atoms with Crippen molar-refractivity contribution in [3.05, 3.63) is 95.4 Å². The first-order valence-electron chi connectivity index (χ1n) is 11.5. The summed E-state index contributed by atoms with van der Waals surface area (Å²) in [4.78, 5) is 24.3. The summed E-state index contributed by atoms with van der Waals surface area (Å²) in [6, 6.07) is 7.60. The van der Waals surface area contributed by atoms with E-state index in [1.165, 1.54) is 19.9 Å². The normalized spacial score (nSPS) is 12.8. The van der Waals surface area contributed by atoms with Crippen LogP contribution in [0.2, 0.25) is 0 Å². The molecular formula is C25H18N6O10S. The molecule has 17 heteroatoms. The third kappa shape index (κ3) is 4.50. The average Bonchev–Trinajstić information content (AvgIpc) is 2.94. The van der Waals surface area contributed by atoms with Crippen LogP contribution in [0, 0.1) is 5.39 Å². The molecule has 0 saturated carbocycles. The van der Waals surface area contributed by atoms with E-state index in [9.17, 15) is 43.5 Å². The molecule has 214 valence electrons. The van der Waals surface area contributed by atoms with E-state index in [-0.39, 0.29) is 11.1 Å². The van der Waals surface area contributed by atoms with Gasteiger partial charge in [-0.05, 0) is 18.2 Å². The SMILES string of the molecule is CC(C)(c1ccc(O)c(O)c1O)c1ccc(OS(=O)(=O)c2cccc3c(=O)c(=O)c(=NN=[N-])c(=N[N+]#N)c23)c(O)c1O. The van der Waals surface area contributed by atoms with Gasteiger partial charge in [0.1, 0.15) is 4.90 Å². The van der Waals surface area contributed by atoms with Crippen LogP contribution in [0.5, 0.6) is 34.5 Å². The Morgan fingerprint density at radius 2 is 1.48 bits per heavy atom. The minimum absolute atomic E-state index is 0.0251. The lowest BCUT2D eigenvalue weighted by Crippen LogP contribution is -2.48. The van der Waals surface area contributed by atoms with Gasteiger partial charge in [-0.2, -0.15) is 8.42 Å². The van der Waals surface area contributed by atoms with E-state index in [0.717, 1.165) is 36.4 Å². The lowest BCUT2D eigenvalue weighted by Gasteiger charge is -2.28. The smallest absolute Gasteiger partial charge is 0.340 e. The largest absolute Gasteiger partial charge is 0.504 e. The molecule has 16 nitrogen and oxygen atoms in total. The van der Waals surface area contributed by atoms with Gasteiger partial charge in [-0.15, -0.1) is 0 Å². The van der Waals surface area contributed by atoms with Crippen LogP contribution in [0.25, 0.3) is 21.4 Å². The molecular weight excluding hydrogens is 576 g/mol. The maximum absolute atomic E-state index is 13.4. The summed E-state index contributed by atoms with van der Waals surface area (Å²) in [6.45, 7) is 2.98. The second kappa shape index (κ2) is 10.3. The molecule has 0 spiro atoms. The number of phenols is 5. The Morgan fingerprint density at radius 3 is 2.10 bits per heavy atom. The monoisotopic (exact) mass is 594 g/mol. The van der Waals surface area contributed by atoms with Crippen LogP contribution in [0.15, 0.2) is 72.4 Å². The fraction of sp³-hybridized carbons (Fsp3) is 0.120. The lowest BCUT2D eigenvalue weighted by atomic mass is 9.77. The second-order valence-corrected chi connectivity index (χ2v) is 10.7. The first kappa shape index (κ1) is 29.1. The summed E-state index contributed by atoms with van der Waals surface area (Å²) in [5, 5.41) is 69.0. The van der Waals surface area contributed by atoms with E-state index >= 15 is 0 Å². The number of phenolic OH excluding ortho intramolecular Hbond substituents is 5. The first-order valence-corrected chi connectivity index (χ1v) is 12.9. The van der Waals surface area contributed by atoms with E-state index in [2.05, 4.69) is 20.5 Å². The Balaban J connectivity index is 1.91. The Bertz CT molecular complexity index is 2200. The summed E-state index contributed by atoms with van der Waals surface area (Å²) in [6.07, 6.45) is 0. The number of fused-ring (bicyclic) bond motifs is 1.